The third-order valence-electron chi connectivity index (χ3n) is 4.95. The van der Waals surface area contributed by atoms with Gasteiger partial charge >= 0.3 is 0 Å². The maximum absolute atomic E-state index is 12.6. The van der Waals surface area contributed by atoms with Crippen LogP contribution < -0.4 is 5.56 Å². The maximum Gasteiger partial charge on any atom is 0.250 e. The molecule has 4 heterocycles. The minimum atomic E-state index is 0.0594. The van der Waals surface area contributed by atoms with Crippen LogP contribution in [-0.2, 0) is 17.8 Å². The van der Waals surface area contributed by atoms with Gasteiger partial charge in [-0.2, -0.15) is 0 Å². The topological polar surface area (TPSA) is 68.3 Å². The van der Waals surface area contributed by atoms with Gasteiger partial charge in [0.25, 0.3) is 5.56 Å². The highest BCUT2D eigenvalue weighted by atomic mass is 35.5. The Hall–Kier alpha value is -2.08. The number of rotatable bonds is 3. The maximum atomic E-state index is 12.6. The molecule has 2 bridgehead atoms. The van der Waals surface area contributed by atoms with E-state index >= 15 is 0 Å². The smallest absolute Gasteiger partial charge is 0.250 e. The first-order valence-electron chi connectivity index (χ1n) is 8.19. The van der Waals surface area contributed by atoms with Crippen LogP contribution in [0.3, 0.4) is 0 Å². The lowest BCUT2D eigenvalue weighted by Gasteiger charge is -2.42. The quantitative estimate of drug-likeness (QED) is 0.852. The molecule has 2 aliphatic rings. The van der Waals surface area contributed by atoms with Crippen molar-refractivity contribution in [2.45, 2.75) is 31.7 Å². The first kappa shape index (κ1) is 15.4. The van der Waals surface area contributed by atoms with Gasteiger partial charge < -0.3 is 14.0 Å². The summed E-state index contributed by atoms with van der Waals surface area (Å²) in [6, 6.07) is 7.06. The lowest BCUT2D eigenvalue weighted by Crippen LogP contribution is -2.49. The molecule has 6 nitrogen and oxygen atoms in total. The lowest BCUT2D eigenvalue weighted by atomic mass is 9.83. The predicted octanol–water partition coefficient (Wildman–Crippen LogP) is 2.07. The summed E-state index contributed by atoms with van der Waals surface area (Å²) in [5.41, 5.74) is 1.11. The van der Waals surface area contributed by atoms with Crippen molar-refractivity contribution in [3.05, 3.63) is 51.2 Å². The Kier molecular flexibility index (Phi) is 3.92. The van der Waals surface area contributed by atoms with Crippen molar-refractivity contribution >= 4 is 17.5 Å². The predicted molar refractivity (Wildman–Crippen MR) is 88.0 cm³/mol. The van der Waals surface area contributed by atoms with Crippen molar-refractivity contribution in [1.29, 1.82) is 0 Å². The van der Waals surface area contributed by atoms with Crippen LogP contribution in [0.2, 0.25) is 5.15 Å². The van der Waals surface area contributed by atoms with Crippen LogP contribution in [0.5, 0.6) is 0 Å². The summed E-state index contributed by atoms with van der Waals surface area (Å²) >= 11 is 5.72. The molecule has 2 atom stereocenters. The van der Waals surface area contributed by atoms with Crippen LogP contribution in [-0.4, -0.2) is 33.6 Å². The Labute approximate surface area is 144 Å². The number of hydrogen-bond acceptors (Lipinski definition) is 4. The molecule has 0 spiro atoms. The molecule has 0 saturated carbocycles. The summed E-state index contributed by atoms with van der Waals surface area (Å²) in [6.07, 6.45) is 1.93. The van der Waals surface area contributed by atoms with Crippen LogP contribution in [0.15, 0.2) is 33.6 Å². The van der Waals surface area contributed by atoms with Gasteiger partial charge in [-0.3, -0.25) is 9.59 Å². The molecule has 0 N–H and O–H groups in total. The Morgan fingerprint density at radius 1 is 1.33 bits per heavy atom. The van der Waals surface area contributed by atoms with E-state index in [0.29, 0.717) is 49.3 Å². The summed E-state index contributed by atoms with van der Waals surface area (Å²) < 4.78 is 6.92. The SMILES string of the molecule is O=C(CCc1cc(Cl)no1)N1CC2C[C@H](C1)Cn1c2cccc1=O. The molecular weight excluding hydrogens is 330 g/mol. The molecule has 1 saturated heterocycles. The molecule has 2 aromatic heterocycles. The normalized spacial score (nSPS) is 22.3. The largest absolute Gasteiger partial charge is 0.360 e. The first-order valence-corrected chi connectivity index (χ1v) is 8.56. The zero-order valence-electron chi connectivity index (χ0n) is 13.2. The number of carbonyl (C=O) groups is 1. The van der Waals surface area contributed by atoms with Gasteiger partial charge in [0.05, 0.1) is 0 Å². The van der Waals surface area contributed by atoms with E-state index in [4.69, 9.17) is 16.1 Å². The first-order chi connectivity index (χ1) is 11.6. The summed E-state index contributed by atoms with van der Waals surface area (Å²) in [4.78, 5) is 26.5. The number of halogens is 1. The minimum Gasteiger partial charge on any atom is -0.360 e. The van der Waals surface area contributed by atoms with Crippen LogP contribution in [0.25, 0.3) is 0 Å². The van der Waals surface area contributed by atoms with Crippen molar-refractivity contribution in [2.75, 3.05) is 13.1 Å². The van der Waals surface area contributed by atoms with E-state index in [1.54, 1.807) is 12.1 Å². The molecule has 2 aliphatic heterocycles. The molecule has 0 radical (unpaired) electrons. The van der Waals surface area contributed by atoms with Crippen LogP contribution >= 0.6 is 11.6 Å². The van der Waals surface area contributed by atoms with E-state index in [9.17, 15) is 9.59 Å². The van der Waals surface area contributed by atoms with Gasteiger partial charge in [-0.25, -0.2) is 0 Å². The fourth-order valence-corrected chi connectivity index (χ4v) is 4.05. The number of fused-ring (bicyclic) bond motifs is 4. The molecule has 1 amide bonds. The number of aryl methyl sites for hydroxylation is 1. The number of amides is 1. The average molecular weight is 348 g/mol. The molecule has 2 aromatic rings. The van der Waals surface area contributed by atoms with Gasteiger partial charge in [-0.05, 0) is 18.4 Å². The number of piperidine rings is 1. The van der Waals surface area contributed by atoms with Crippen molar-refractivity contribution in [2.24, 2.45) is 5.92 Å². The highest BCUT2D eigenvalue weighted by Gasteiger charge is 2.35. The van der Waals surface area contributed by atoms with Crippen molar-refractivity contribution in [3.8, 4) is 0 Å². The van der Waals surface area contributed by atoms with Crippen molar-refractivity contribution in [3.63, 3.8) is 0 Å². The molecule has 7 heteroatoms. The van der Waals surface area contributed by atoms with E-state index in [1.807, 2.05) is 21.6 Å². The molecule has 4 rings (SSSR count). The van der Waals surface area contributed by atoms with Crippen molar-refractivity contribution in [1.82, 2.24) is 14.6 Å². The Balaban J connectivity index is 1.45. The van der Waals surface area contributed by atoms with E-state index in [1.165, 1.54) is 0 Å². The van der Waals surface area contributed by atoms with Gasteiger partial charge in [-0.1, -0.05) is 22.8 Å². The van der Waals surface area contributed by atoms with E-state index < -0.39 is 0 Å². The third kappa shape index (κ3) is 2.86. The average Bonchev–Trinajstić information content (AvgIpc) is 2.99. The number of nitrogens with zero attached hydrogens (tertiary/aromatic N) is 3. The van der Waals surface area contributed by atoms with Gasteiger partial charge in [0.15, 0.2) is 5.15 Å². The van der Waals surface area contributed by atoms with E-state index in [2.05, 4.69) is 5.16 Å². The summed E-state index contributed by atoms with van der Waals surface area (Å²) in [7, 11) is 0. The second kappa shape index (κ2) is 6.09. The standard InChI is InChI=1S/C17H18ClN3O3/c18-15-7-13(24-19-15)4-5-16(22)20-8-11-6-12(10-20)14-2-1-3-17(23)21(14)9-11/h1-3,7,11-12H,4-6,8-10H2/t11-,12?/m1/s1. The van der Waals surface area contributed by atoms with Crippen molar-refractivity contribution < 1.29 is 9.32 Å². The summed E-state index contributed by atoms with van der Waals surface area (Å²) in [6.45, 7) is 2.09. The van der Waals surface area contributed by atoms with Gasteiger partial charge in [-0.15, -0.1) is 0 Å². The molecular formula is C17H18ClN3O3. The Bertz CT molecular complexity index is 828. The summed E-state index contributed by atoms with van der Waals surface area (Å²) in [5.74, 6) is 1.33. The highest BCUT2D eigenvalue weighted by molar-refractivity contribution is 6.29. The number of hydrogen-bond donors (Lipinski definition) is 0. The molecule has 0 aromatic carbocycles. The van der Waals surface area contributed by atoms with Crippen LogP contribution in [0, 0.1) is 5.92 Å². The number of carbonyl (C=O) groups excluding carboxylic acids is 1. The molecule has 126 valence electrons. The lowest BCUT2D eigenvalue weighted by molar-refractivity contribution is -0.134. The van der Waals surface area contributed by atoms with Gasteiger partial charge in [0, 0.05) is 56.2 Å². The third-order valence-corrected chi connectivity index (χ3v) is 5.13. The Morgan fingerprint density at radius 2 is 2.21 bits per heavy atom. The van der Waals surface area contributed by atoms with Gasteiger partial charge in [0.2, 0.25) is 5.91 Å². The summed E-state index contributed by atoms with van der Waals surface area (Å²) in [5, 5.41) is 3.93. The zero-order valence-corrected chi connectivity index (χ0v) is 13.9. The number of pyridine rings is 1. The fraction of sp³-hybridized carbons (Fsp3) is 0.471. The molecule has 24 heavy (non-hydrogen) atoms. The molecule has 1 fully saturated rings. The number of aromatic nitrogens is 2. The molecule has 1 unspecified atom stereocenters. The van der Waals surface area contributed by atoms with E-state index in [0.717, 1.165) is 12.1 Å². The van der Waals surface area contributed by atoms with Crippen LogP contribution in [0.4, 0.5) is 0 Å². The fourth-order valence-electron chi connectivity index (χ4n) is 3.89. The Morgan fingerprint density at radius 3 is 3.00 bits per heavy atom. The number of likely N-dealkylation sites (tertiary alicyclic amines) is 1. The van der Waals surface area contributed by atoms with Crippen LogP contribution in [0.1, 0.15) is 30.2 Å². The second-order valence-corrected chi connectivity index (χ2v) is 7.00. The van der Waals surface area contributed by atoms with Gasteiger partial charge in [0.1, 0.15) is 5.76 Å². The second-order valence-electron chi connectivity index (χ2n) is 6.61. The zero-order chi connectivity index (χ0) is 16.7. The highest BCUT2D eigenvalue weighted by Crippen LogP contribution is 2.35. The van der Waals surface area contributed by atoms with E-state index in [-0.39, 0.29) is 17.4 Å². The molecule has 0 aliphatic carbocycles. The monoisotopic (exact) mass is 347 g/mol. The minimum absolute atomic E-state index is 0.0594.